The standard InChI is InChI=1S/C26H39BrNOPSSi/c1-20(16-17-30(27)24-12-10-9-11-13-24)14-15-25(29-32(7,8)26(4,5)6)21(2)18-23-19-31-22(3)28-23/h9-14,18-19,25H,15-17H2,1-8H3/b20-14-,21-18+/t25-,30?/m0/s1. The van der Waals surface area contributed by atoms with Crippen LogP contribution in [0.3, 0.4) is 0 Å². The van der Waals surface area contributed by atoms with Gasteiger partial charge in [-0.15, -0.1) is 11.3 Å². The summed E-state index contributed by atoms with van der Waals surface area (Å²) in [4.78, 5) is 4.63. The van der Waals surface area contributed by atoms with Crippen molar-refractivity contribution in [2.45, 2.75) is 78.6 Å². The van der Waals surface area contributed by atoms with Crippen LogP contribution in [0.1, 0.15) is 58.2 Å². The minimum absolute atomic E-state index is 0.0902. The van der Waals surface area contributed by atoms with E-state index in [1.807, 2.05) is 0 Å². The van der Waals surface area contributed by atoms with E-state index < -0.39 is 8.32 Å². The number of hydrogen-bond acceptors (Lipinski definition) is 3. The van der Waals surface area contributed by atoms with Crippen molar-refractivity contribution < 1.29 is 4.43 Å². The van der Waals surface area contributed by atoms with Gasteiger partial charge in [-0.2, -0.15) is 0 Å². The Morgan fingerprint density at radius 1 is 1.22 bits per heavy atom. The summed E-state index contributed by atoms with van der Waals surface area (Å²) in [5.41, 5.74) is 3.74. The largest absolute Gasteiger partial charge is 0.410 e. The molecule has 0 N–H and O–H groups in total. The molecular formula is C26H39BrNOPSSi. The fourth-order valence-corrected chi connectivity index (χ4v) is 7.50. The highest BCUT2D eigenvalue weighted by Gasteiger charge is 2.39. The maximum Gasteiger partial charge on any atom is 0.192 e. The molecule has 2 rings (SSSR count). The lowest BCUT2D eigenvalue weighted by molar-refractivity contribution is 0.217. The Morgan fingerprint density at radius 3 is 2.44 bits per heavy atom. The Balaban J connectivity index is 2.11. The van der Waals surface area contributed by atoms with Crippen molar-refractivity contribution in [2.75, 3.05) is 6.16 Å². The van der Waals surface area contributed by atoms with Crippen LogP contribution in [0.15, 0.2) is 52.9 Å². The topological polar surface area (TPSA) is 22.1 Å². The summed E-state index contributed by atoms with van der Waals surface area (Å²) in [7, 11) is -1.89. The molecule has 0 aliphatic carbocycles. The lowest BCUT2D eigenvalue weighted by Gasteiger charge is -2.39. The van der Waals surface area contributed by atoms with Crippen LogP contribution in [0.4, 0.5) is 0 Å². The van der Waals surface area contributed by atoms with Gasteiger partial charge in [-0.3, -0.25) is 0 Å². The second kappa shape index (κ2) is 12.2. The van der Waals surface area contributed by atoms with E-state index in [1.165, 1.54) is 16.5 Å². The fourth-order valence-electron chi connectivity index (χ4n) is 3.04. The molecular weight excluding hydrogens is 513 g/mol. The van der Waals surface area contributed by atoms with Crippen LogP contribution < -0.4 is 5.30 Å². The van der Waals surface area contributed by atoms with Crippen molar-refractivity contribution in [3.05, 3.63) is 63.6 Å². The van der Waals surface area contributed by atoms with E-state index in [1.54, 1.807) is 11.3 Å². The molecule has 0 spiro atoms. The van der Waals surface area contributed by atoms with Gasteiger partial charge in [0.15, 0.2) is 8.32 Å². The quantitative estimate of drug-likeness (QED) is 0.167. The van der Waals surface area contributed by atoms with Gasteiger partial charge < -0.3 is 4.43 Å². The van der Waals surface area contributed by atoms with E-state index in [0.29, 0.717) is 0 Å². The third kappa shape index (κ3) is 8.65. The van der Waals surface area contributed by atoms with Gasteiger partial charge in [0.1, 0.15) is 0 Å². The molecule has 176 valence electrons. The Bertz CT molecular complexity index is 917. The summed E-state index contributed by atoms with van der Waals surface area (Å²) in [5.74, 6) is 0. The first kappa shape index (κ1) is 27.7. The average molecular weight is 553 g/mol. The SMILES string of the molecule is C/C(=C/C[C@H](O[Si](C)(C)C(C)(C)C)/C(C)=C/c1csc(C)n1)CCP(Br)c1ccccc1. The monoisotopic (exact) mass is 551 g/mol. The van der Waals surface area contributed by atoms with E-state index in [2.05, 4.69) is 123 Å². The highest BCUT2D eigenvalue weighted by molar-refractivity contribution is 9.40. The van der Waals surface area contributed by atoms with Crippen LogP contribution in [0.5, 0.6) is 0 Å². The zero-order valence-corrected chi connectivity index (χ0v) is 25.2. The predicted molar refractivity (Wildman–Crippen MR) is 152 cm³/mol. The molecule has 1 heterocycles. The second-order valence-electron chi connectivity index (χ2n) is 10.0. The molecule has 0 radical (unpaired) electrons. The minimum Gasteiger partial charge on any atom is -0.410 e. The van der Waals surface area contributed by atoms with E-state index in [4.69, 9.17) is 4.43 Å². The van der Waals surface area contributed by atoms with Crippen LogP contribution in [0, 0.1) is 6.92 Å². The maximum absolute atomic E-state index is 6.88. The van der Waals surface area contributed by atoms with Gasteiger partial charge in [-0.25, -0.2) is 4.98 Å². The lowest BCUT2D eigenvalue weighted by Crippen LogP contribution is -2.44. The Morgan fingerprint density at radius 2 is 1.88 bits per heavy atom. The third-order valence-corrected chi connectivity index (χ3v) is 15.2. The van der Waals surface area contributed by atoms with Crippen molar-refractivity contribution in [3.63, 3.8) is 0 Å². The van der Waals surface area contributed by atoms with Gasteiger partial charge in [0, 0.05) is 5.38 Å². The molecule has 1 aromatic heterocycles. The predicted octanol–water partition coefficient (Wildman–Crippen LogP) is 9.09. The molecule has 0 aliphatic heterocycles. The van der Waals surface area contributed by atoms with Gasteiger partial charge in [-0.05, 0) is 81.5 Å². The van der Waals surface area contributed by atoms with Gasteiger partial charge in [0.05, 0.1) is 16.8 Å². The van der Waals surface area contributed by atoms with E-state index >= 15 is 0 Å². The normalized spacial score (nSPS) is 15.7. The van der Waals surface area contributed by atoms with Crippen molar-refractivity contribution in [2.24, 2.45) is 0 Å². The van der Waals surface area contributed by atoms with Gasteiger partial charge in [-0.1, -0.05) is 78.2 Å². The molecule has 0 saturated carbocycles. The first-order chi connectivity index (χ1) is 14.9. The highest BCUT2D eigenvalue weighted by Crippen LogP contribution is 2.44. The molecule has 2 aromatic rings. The zero-order chi connectivity index (χ0) is 23.9. The number of rotatable bonds is 10. The van der Waals surface area contributed by atoms with Crippen molar-refractivity contribution in [1.82, 2.24) is 4.98 Å². The minimum atomic E-state index is -1.89. The summed E-state index contributed by atoms with van der Waals surface area (Å²) in [6.45, 7) is 17.8. The van der Waals surface area contributed by atoms with Crippen LogP contribution in [0.2, 0.25) is 18.1 Å². The van der Waals surface area contributed by atoms with E-state index in [-0.39, 0.29) is 17.8 Å². The Labute approximate surface area is 210 Å². The van der Waals surface area contributed by atoms with Crippen LogP contribution in [-0.2, 0) is 4.43 Å². The molecule has 0 saturated heterocycles. The number of nitrogens with zero attached hydrogens (tertiary/aromatic N) is 1. The van der Waals surface area contributed by atoms with Gasteiger partial charge in [0.2, 0.25) is 0 Å². The second-order valence-corrected chi connectivity index (χ2v) is 20.1. The number of thiazole rings is 1. The first-order valence-corrected chi connectivity index (χ1v) is 18.6. The van der Waals surface area contributed by atoms with Gasteiger partial charge in [0.25, 0.3) is 0 Å². The molecule has 32 heavy (non-hydrogen) atoms. The number of halogens is 1. The molecule has 2 nitrogen and oxygen atoms in total. The molecule has 0 bridgehead atoms. The van der Waals surface area contributed by atoms with Crippen LogP contribution in [-0.4, -0.2) is 25.6 Å². The highest BCUT2D eigenvalue weighted by atomic mass is 79.9. The molecule has 0 aliphatic rings. The smallest absolute Gasteiger partial charge is 0.192 e. The molecule has 0 fully saturated rings. The van der Waals surface area contributed by atoms with Crippen LogP contribution >= 0.6 is 33.4 Å². The molecule has 1 aromatic carbocycles. The summed E-state index contributed by atoms with van der Waals surface area (Å²) >= 11 is 5.62. The van der Waals surface area contributed by atoms with Crippen molar-refractivity contribution >= 4 is 53.1 Å². The number of aryl methyl sites for hydroxylation is 1. The van der Waals surface area contributed by atoms with Crippen LogP contribution in [0.25, 0.3) is 6.08 Å². The van der Waals surface area contributed by atoms with E-state index in [9.17, 15) is 0 Å². The Kier molecular flexibility index (Phi) is 10.6. The van der Waals surface area contributed by atoms with E-state index in [0.717, 1.165) is 29.7 Å². The van der Waals surface area contributed by atoms with Crippen molar-refractivity contribution in [3.8, 4) is 0 Å². The average Bonchev–Trinajstić information content (AvgIpc) is 3.13. The number of aromatic nitrogens is 1. The number of benzene rings is 1. The number of allylic oxidation sites excluding steroid dienone is 1. The number of hydrogen-bond donors (Lipinski definition) is 0. The summed E-state index contributed by atoms with van der Waals surface area (Å²) in [5, 5.41) is 4.83. The Hall–Kier alpha value is -0.583. The molecule has 6 heteroatoms. The first-order valence-electron chi connectivity index (χ1n) is 11.3. The third-order valence-electron chi connectivity index (χ3n) is 6.18. The zero-order valence-electron chi connectivity index (χ0n) is 20.9. The molecule has 1 unspecified atom stereocenters. The van der Waals surface area contributed by atoms with Gasteiger partial charge >= 0.3 is 0 Å². The summed E-state index contributed by atoms with van der Waals surface area (Å²) in [6, 6.07) is 10.8. The summed E-state index contributed by atoms with van der Waals surface area (Å²) in [6.07, 6.45) is 7.86. The molecule has 2 atom stereocenters. The lowest BCUT2D eigenvalue weighted by atomic mass is 10.1. The van der Waals surface area contributed by atoms with Crippen molar-refractivity contribution in [1.29, 1.82) is 0 Å². The fraction of sp³-hybridized carbons (Fsp3) is 0.500. The summed E-state index contributed by atoms with van der Waals surface area (Å²) < 4.78 is 6.88. The molecule has 0 amide bonds. The maximum atomic E-state index is 6.88.